The summed E-state index contributed by atoms with van der Waals surface area (Å²) in [5.41, 5.74) is 1.42. The van der Waals surface area contributed by atoms with Gasteiger partial charge in [-0.25, -0.2) is 8.42 Å². The predicted molar refractivity (Wildman–Crippen MR) is 108 cm³/mol. The highest BCUT2D eigenvalue weighted by Gasteiger charge is 2.30. The Morgan fingerprint density at radius 1 is 1.07 bits per heavy atom. The van der Waals surface area contributed by atoms with Crippen LogP contribution in [0.1, 0.15) is 17.5 Å². The number of piperazine rings is 1. The monoisotopic (exact) mass is 413 g/mol. The lowest BCUT2D eigenvalue weighted by molar-refractivity contribution is -0.132. The van der Waals surface area contributed by atoms with Gasteiger partial charge < -0.3 is 9.64 Å². The Morgan fingerprint density at radius 2 is 1.72 bits per heavy atom. The quantitative estimate of drug-likeness (QED) is 0.724. The summed E-state index contributed by atoms with van der Waals surface area (Å²) < 4.78 is 32.5. The van der Waals surface area contributed by atoms with Crippen molar-refractivity contribution in [2.45, 2.75) is 18.2 Å². The zero-order chi connectivity index (χ0) is 20.9. The summed E-state index contributed by atoms with van der Waals surface area (Å²) in [5, 5.41) is 8.84. The smallest absolute Gasteiger partial charge is 0.243 e. The fraction of sp³-hybridized carbons (Fsp3) is 0.333. The molecule has 3 rings (SSSR count). The van der Waals surface area contributed by atoms with Crippen LogP contribution < -0.4 is 4.74 Å². The average molecular weight is 413 g/mol. The number of carbonyl (C=O) groups is 1. The van der Waals surface area contributed by atoms with Gasteiger partial charge in [0.05, 0.1) is 29.6 Å². The van der Waals surface area contributed by atoms with Crippen molar-refractivity contribution in [3.63, 3.8) is 0 Å². The molecule has 1 fully saturated rings. The van der Waals surface area contributed by atoms with Crippen molar-refractivity contribution in [3.05, 3.63) is 59.7 Å². The maximum absolute atomic E-state index is 12.7. The Balaban J connectivity index is 1.51. The number of carbonyl (C=O) groups excluding carboxylic acids is 1. The zero-order valence-corrected chi connectivity index (χ0v) is 17.1. The first kappa shape index (κ1) is 20.8. The van der Waals surface area contributed by atoms with E-state index >= 15 is 0 Å². The second kappa shape index (κ2) is 9.07. The van der Waals surface area contributed by atoms with Gasteiger partial charge in [0.2, 0.25) is 15.9 Å². The lowest BCUT2D eigenvalue weighted by atomic mass is 10.2. The van der Waals surface area contributed by atoms with Crippen molar-refractivity contribution in [2.24, 2.45) is 0 Å². The van der Waals surface area contributed by atoms with Crippen molar-refractivity contribution < 1.29 is 17.9 Å². The molecule has 1 aliphatic heterocycles. The van der Waals surface area contributed by atoms with E-state index in [9.17, 15) is 13.2 Å². The van der Waals surface area contributed by atoms with Crippen LogP contribution in [-0.4, -0.2) is 56.3 Å². The number of rotatable bonds is 6. The topological polar surface area (TPSA) is 90.7 Å². The fourth-order valence-electron chi connectivity index (χ4n) is 3.15. The molecule has 0 aromatic heterocycles. The van der Waals surface area contributed by atoms with Gasteiger partial charge in [-0.2, -0.15) is 9.57 Å². The van der Waals surface area contributed by atoms with Crippen LogP contribution in [0, 0.1) is 18.3 Å². The van der Waals surface area contributed by atoms with E-state index in [2.05, 4.69) is 0 Å². The number of benzene rings is 2. The van der Waals surface area contributed by atoms with Crippen LogP contribution in [0.5, 0.6) is 5.75 Å². The average Bonchev–Trinajstić information content (AvgIpc) is 2.75. The fourth-order valence-corrected chi connectivity index (χ4v) is 4.58. The van der Waals surface area contributed by atoms with Crippen molar-refractivity contribution >= 4 is 15.9 Å². The number of hydrogen-bond donors (Lipinski definition) is 0. The highest BCUT2D eigenvalue weighted by molar-refractivity contribution is 7.89. The molecular weight excluding hydrogens is 390 g/mol. The number of aryl methyl sites for hydroxylation is 1. The van der Waals surface area contributed by atoms with E-state index in [4.69, 9.17) is 10.00 Å². The van der Waals surface area contributed by atoms with Crippen LogP contribution in [0.15, 0.2) is 53.4 Å². The van der Waals surface area contributed by atoms with E-state index in [0.29, 0.717) is 18.7 Å². The molecule has 1 amide bonds. The molecular formula is C21H23N3O4S. The molecule has 1 saturated heterocycles. The molecule has 2 aromatic carbocycles. The van der Waals surface area contributed by atoms with Gasteiger partial charge in [0.1, 0.15) is 5.75 Å². The third-order valence-corrected chi connectivity index (χ3v) is 6.79. The standard InChI is InChI=1S/C21H23N3O4S/c1-17-4-2-3-5-20(17)28-15-10-21(25)23-11-13-24(14-12-23)29(26,27)19-8-6-18(16-22)7-9-19/h2-9H,10-15H2,1H3. The van der Waals surface area contributed by atoms with Crippen molar-refractivity contribution in [1.82, 2.24) is 9.21 Å². The second-order valence-corrected chi connectivity index (χ2v) is 8.72. The summed E-state index contributed by atoms with van der Waals surface area (Å²) in [4.78, 5) is 14.2. The number of sulfonamides is 1. The minimum atomic E-state index is -3.63. The van der Waals surface area contributed by atoms with Gasteiger partial charge in [-0.3, -0.25) is 4.79 Å². The maximum Gasteiger partial charge on any atom is 0.243 e. The Hall–Kier alpha value is -2.89. The number of hydrogen-bond acceptors (Lipinski definition) is 5. The van der Waals surface area contributed by atoms with E-state index in [1.807, 2.05) is 37.3 Å². The number of nitriles is 1. The number of nitrogens with zero attached hydrogens (tertiary/aromatic N) is 3. The molecule has 2 aromatic rings. The molecule has 0 saturated carbocycles. The van der Waals surface area contributed by atoms with Gasteiger partial charge in [0, 0.05) is 26.2 Å². The first-order valence-electron chi connectivity index (χ1n) is 9.38. The predicted octanol–water partition coefficient (Wildman–Crippen LogP) is 2.17. The zero-order valence-electron chi connectivity index (χ0n) is 16.2. The highest BCUT2D eigenvalue weighted by Crippen LogP contribution is 2.19. The van der Waals surface area contributed by atoms with E-state index in [1.54, 1.807) is 4.90 Å². The summed E-state index contributed by atoms with van der Waals surface area (Å²) in [6.07, 6.45) is 0.247. The van der Waals surface area contributed by atoms with Crippen LogP contribution in [0.2, 0.25) is 0 Å². The third-order valence-electron chi connectivity index (χ3n) is 4.88. The molecule has 0 unspecified atom stereocenters. The SMILES string of the molecule is Cc1ccccc1OCCC(=O)N1CCN(S(=O)(=O)c2ccc(C#N)cc2)CC1. The number of para-hydroxylation sites is 1. The molecule has 0 atom stereocenters. The summed E-state index contributed by atoms with van der Waals surface area (Å²) in [5.74, 6) is 0.715. The van der Waals surface area contributed by atoms with Gasteiger partial charge in [-0.1, -0.05) is 18.2 Å². The summed E-state index contributed by atoms with van der Waals surface area (Å²) in [7, 11) is -3.63. The molecule has 0 radical (unpaired) electrons. The lowest BCUT2D eigenvalue weighted by Crippen LogP contribution is -2.50. The summed E-state index contributed by atoms with van der Waals surface area (Å²) in [6, 6.07) is 15.5. The van der Waals surface area contributed by atoms with E-state index in [0.717, 1.165) is 11.3 Å². The van der Waals surface area contributed by atoms with Crippen LogP contribution in [0.25, 0.3) is 0 Å². The highest BCUT2D eigenvalue weighted by atomic mass is 32.2. The minimum Gasteiger partial charge on any atom is -0.493 e. The van der Waals surface area contributed by atoms with Crippen LogP contribution >= 0.6 is 0 Å². The Labute approximate surface area is 171 Å². The largest absolute Gasteiger partial charge is 0.493 e. The van der Waals surface area contributed by atoms with Crippen LogP contribution in [-0.2, 0) is 14.8 Å². The van der Waals surface area contributed by atoms with Crippen LogP contribution in [0.3, 0.4) is 0 Å². The van der Waals surface area contributed by atoms with Gasteiger partial charge in [0.15, 0.2) is 0 Å². The number of ether oxygens (including phenoxy) is 1. The summed E-state index contributed by atoms with van der Waals surface area (Å²) >= 11 is 0. The lowest BCUT2D eigenvalue weighted by Gasteiger charge is -2.34. The summed E-state index contributed by atoms with van der Waals surface area (Å²) in [6.45, 7) is 3.41. The third kappa shape index (κ3) is 4.94. The normalized spacial score (nSPS) is 15.0. The molecule has 0 bridgehead atoms. The molecule has 0 N–H and O–H groups in total. The van der Waals surface area contributed by atoms with E-state index < -0.39 is 10.0 Å². The molecule has 0 aliphatic carbocycles. The van der Waals surface area contributed by atoms with Crippen molar-refractivity contribution in [3.8, 4) is 11.8 Å². The van der Waals surface area contributed by atoms with Gasteiger partial charge in [-0.15, -0.1) is 0 Å². The van der Waals surface area contributed by atoms with Gasteiger partial charge in [-0.05, 0) is 42.8 Å². The maximum atomic E-state index is 12.7. The molecule has 152 valence electrons. The first-order chi connectivity index (χ1) is 13.9. The Bertz CT molecular complexity index is 1000. The first-order valence-corrected chi connectivity index (χ1v) is 10.8. The molecule has 8 heteroatoms. The van der Waals surface area contributed by atoms with Gasteiger partial charge >= 0.3 is 0 Å². The molecule has 0 spiro atoms. The number of amides is 1. The Morgan fingerprint density at radius 3 is 2.34 bits per heavy atom. The van der Waals surface area contributed by atoms with E-state index in [-0.39, 0.29) is 36.9 Å². The molecule has 29 heavy (non-hydrogen) atoms. The Kier molecular flexibility index (Phi) is 6.52. The van der Waals surface area contributed by atoms with Gasteiger partial charge in [0.25, 0.3) is 0 Å². The van der Waals surface area contributed by atoms with Crippen molar-refractivity contribution in [2.75, 3.05) is 32.8 Å². The molecule has 7 nitrogen and oxygen atoms in total. The minimum absolute atomic E-state index is 0.0472. The molecule has 1 aliphatic rings. The van der Waals surface area contributed by atoms with Crippen LogP contribution in [0.4, 0.5) is 0 Å². The molecule has 1 heterocycles. The van der Waals surface area contributed by atoms with Crippen molar-refractivity contribution in [1.29, 1.82) is 5.26 Å². The van der Waals surface area contributed by atoms with E-state index in [1.165, 1.54) is 28.6 Å². The second-order valence-electron chi connectivity index (χ2n) is 6.79.